The Bertz CT molecular complexity index is 332. The molecule has 84 valence electrons. The molecule has 0 amide bonds. The zero-order chi connectivity index (χ0) is 11.4. The van der Waals surface area contributed by atoms with Gasteiger partial charge < -0.3 is 10.5 Å². The predicted molar refractivity (Wildman–Crippen MR) is 64.5 cm³/mol. The molecule has 1 aromatic carbocycles. The Balaban J connectivity index is 3.08. The lowest BCUT2D eigenvalue weighted by molar-refractivity contribution is 0.406. The van der Waals surface area contributed by atoms with E-state index in [9.17, 15) is 0 Å². The van der Waals surface area contributed by atoms with E-state index in [2.05, 4.69) is 26.0 Å². The molecule has 0 bridgehead atoms. The van der Waals surface area contributed by atoms with Gasteiger partial charge in [0, 0.05) is 6.04 Å². The third-order valence-corrected chi connectivity index (χ3v) is 2.55. The van der Waals surface area contributed by atoms with E-state index in [0.29, 0.717) is 0 Å². The van der Waals surface area contributed by atoms with Gasteiger partial charge in [0.15, 0.2) is 0 Å². The van der Waals surface area contributed by atoms with Crippen LogP contribution in [0.15, 0.2) is 12.1 Å². The first-order valence-electron chi connectivity index (χ1n) is 5.50. The maximum absolute atomic E-state index is 5.81. The minimum Gasteiger partial charge on any atom is -0.496 e. The predicted octanol–water partition coefficient (Wildman–Crippen LogP) is 2.46. The van der Waals surface area contributed by atoms with Crippen molar-refractivity contribution in [3.05, 3.63) is 28.8 Å². The second-order valence-electron chi connectivity index (χ2n) is 4.14. The van der Waals surface area contributed by atoms with Crippen LogP contribution in [0.2, 0.25) is 0 Å². The third kappa shape index (κ3) is 2.96. The fraction of sp³-hybridized carbons (Fsp3) is 0.538. The van der Waals surface area contributed by atoms with Gasteiger partial charge in [0.05, 0.1) is 7.11 Å². The molecule has 1 aromatic rings. The van der Waals surface area contributed by atoms with Crippen LogP contribution in [0, 0.1) is 6.92 Å². The Kier molecular flexibility index (Phi) is 4.15. The quantitative estimate of drug-likeness (QED) is 0.823. The lowest BCUT2D eigenvalue weighted by Crippen LogP contribution is -2.18. The van der Waals surface area contributed by atoms with Gasteiger partial charge >= 0.3 is 0 Å². The van der Waals surface area contributed by atoms with Crippen molar-refractivity contribution in [2.75, 3.05) is 7.11 Å². The van der Waals surface area contributed by atoms with Gasteiger partial charge in [-0.05, 0) is 43.4 Å². The van der Waals surface area contributed by atoms with Gasteiger partial charge in [0.1, 0.15) is 5.75 Å². The van der Waals surface area contributed by atoms with Crippen molar-refractivity contribution in [3.8, 4) is 5.75 Å². The van der Waals surface area contributed by atoms with Gasteiger partial charge in [-0.25, -0.2) is 0 Å². The number of methoxy groups -OCH3 is 1. The first-order chi connectivity index (χ1) is 7.08. The Hall–Kier alpha value is -1.02. The number of aryl methyl sites for hydroxylation is 2. The smallest absolute Gasteiger partial charge is 0.124 e. The standard InChI is InChI=1S/C13H21NO/c1-5-12-8-11(7-10(3)14)6-9(2)13(12)15-4/h6,8,10H,5,7,14H2,1-4H3. The summed E-state index contributed by atoms with van der Waals surface area (Å²) in [6.07, 6.45) is 1.93. The fourth-order valence-corrected chi connectivity index (χ4v) is 1.97. The molecule has 1 unspecified atom stereocenters. The van der Waals surface area contributed by atoms with Crippen LogP contribution in [0.4, 0.5) is 0 Å². The van der Waals surface area contributed by atoms with Crippen LogP contribution in [-0.4, -0.2) is 13.2 Å². The maximum atomic E-state index is 5.81. The molecular formula is C13H21NO. The number of hydrogen-bond donors (Lipinski definition) is 1. The molecule has 1 rings (SSSR count). The van der Waals surface area contributed by atoms with Gasteiger partial charge in [-0.2, -0.15) is 0 Å². The zero-order valence-corrected chi connectivity index (χ0v) is 10.1. The zero-order valence-electron chi connectivity index (χ0n) is 10.1. The van der Waals surface area contributed by atoms with Crippen molar-refractivity contribution in [1.82, 2.24) is 0 Å². The summed E-state index contributed by atoms with van der Waals surface area (Å²) in [4.78, 5) is 0. The highest BCUT2D eigenvalue weighted by Crippen LogP contribution is 2.26. The molecule has 0 aromatic heterocycles. The van der Waals surface area contributed by atoms with Crippen molar-refractivity contribution in [2.24, 2.45) is 5.73 Å². The van der Waals surface area contributed by atoms with Crippen LogP contribution in [0.3, 0.4) is 0 Å². The molecule has 2 heteroatoms. The van der Waals surface area contributed by atoms with Crippen LogP contribution in [0.5, 0.6) is 5.75 Å². The highest BCUT2D eigenvalue weighted by Gasteiger charge is 2.08. The minimum absolute atomic E-state index is 0.211. The van der Waals surface area contributed by atoms with Crippen molar-refractivity contribution >= 4 is 0 Å². The van der Waals surface area contributed by atoms with Crippen LogP contribution < -0.4 is 10.5 Å². The average molecular weight is 207 g/mol. The summed E-state index contributed by atoms with van der Waals surface area (Å²) in [5.74, 6) is 1.02. The second kappa shape index (κ2) is 5.17. The molecule has 15 heavy (non-hydrogen) atoms. The summed E-state index contributed by atoms with van der Waals surface area (Å²) in [5, 5.41) is 0. The normalized spacial score (nSPS) is 12.6. The minimum atomic E-state index is 0.211. The molecule has 0 aliphatic carbocycles. The molecule has 0 saturated carbocycles. The Morgan fingerprint density at radius 1 is 1.40 bits per heavy atom. The second-order valence-corrected chi connectivity index (χ2v) is 4.14. The number of ether oxygens (including phenoxy) is 1. The molecule has 0 saturated heterocycles. The summed E-state index contributed by atoms with van der Waals surface area (Å²) in [5.41, 5.74) is 9.58. The number of benzene rings is 1. The lowest BCUT2D eigenvalue weighted by atomic mass is 9.99. The maximum Gasteiger partial charge on any atom is 0.124 e. The largest absolute Gasteiger partial charge is 0.496 e. The Morgan fingerprint density at radius 3 is 2.53 bits per heavy atom. The van der Waals surface area contributed by atoms with E-state index >= 15 is 0 Å². The molecule has 2 N–H and O–H groups in total. The monoisotopic (exact) mass is 207 g/mol. The molecule has 0 fully saturated rings. The summed E-state index contributed by atoms with van der Waals surface area (Å²) in [7, 11) is 1.73. The van der Waals surface area contributed by atoms with Crippen molar-refractivity contribution in [3.63, 3.8) is 0 Å². The first kappa shape index (κ1) is 12.1. The van der Waals surface area contributed by atoms with Crippen LogP contribution in [-0.2, 0) is 12.8 Å². The molecule has 1 atom stereocenters. The highest BCUT2D eigenvalue weighted by atomic mass is 16.5. The van der Waals surface area contributed by atoms with E-state index in [1.165, 1.54) is 16.7 Å². The van der Waals surface area contributed by atoms with E-state index in [-0.39, 0.29) is 6.04 Å². The van der Waals surface area contributed by atoms with E-state index in [0.717, 1.165) is 18.6 Å². The Labute approximate surface area is 92.4 Å². The summed E-state index contributed by atoms with van der Waals surface area (Å²) in [6, 6.07) is 4.58. The first-order valence-corrected chi connectivity index (χ1v) is 5.50. The van der Waals surface area contributed by atoms with Crippen molar-refractivity contribution in [2.45, 2.75) is 39.7 Å². The molecule has 0 spiro atoms. The number of nitrogens with two attached hydrogens (primary N) is 1. The molecule has 0 radical (unpaired) electrons. The molecule has 0 aliphatic heterocycles. The molecule has 2 nitrogen and oxygen atoms in total. The molecule has 0 aliphatic rings. The van der Waals surface area contributed by atoms with Crippen molar-refractivity contribution < 1.29 is 4.74 Å². The van der Waals surface area contributed by atoms with Crippen LogP contribution in [0.1, 0.15) is 30.5 Å². The number of hydrogen-bond acceptors (Lipinski definition) is 2. The van der Waals surface area contributed by atoms with E-state index < -0.39 is 0 Å². The van der Waals surface area contributed by atoms with Gasteiger partial charge in [0.25, 0.3) is 0 Å². The van der Waals surface area contributed by atoms with Gasteiger partial charge in [-0.15, -0.1) is 0 Å². The van der Waals surface area contributed by atoms with E-state index in [1.54, 1.807) is 7.11 Å². The average Bonchev–Trinajstić information content (AvgIpc) is 2.15. The fourth-order valence-electron chi connectivity index (χ4n) is 1.97. The van der Waals surface area contributed by atoms with E-state index in [4.69, 9.17) is 10.5 Å². The van der Waals surface area contributed by atoms with Crippen molar-refractivity contribution in [1.29, 1.82) is 0 Å². The summed E-state index contributed by atoms with van der Waals surface area (Å²) < 4.78 is 5.40. The SMILES string of the molecule is CCc1cc(CC(C)N)cc(C)c1OC. The molecule has 0 heterocycles. The van der Waals surface area contributed by atoms with Gasteiger partial charge in [0.2, 0.25) is 0 Å². The van der Waals surface area contributed by atoms with Gasteiger partial charge in [-0.1, -0.05) is 19.1 Å². The highest BCUT2D eigenvalue weighted by molar-refractivity contribution is 5.44. The lowest BCUT2D eigenvalue weighted by Gasteiger charge is -2.14. The summed E-state index contributed by atoms with van der Waals surface area (Å²) in [6.45, 7) is 6.26. The molecular weight excluding hydrogens is 186 g/mol. The van der Waals surface area contributed by atoms with Gasteiger partial charge in [-0.3, -0.25) is 0 Å². The topological polar surface area (TPSA) is 35.2 Å². The van der Waals surface area contributed by atoms with Crippen LogP contribution in [0.25, 0.3) is 0 Å². The third-order valence-electron chi connectivity index (χ3n) is 2.55. The van der Waals surface area contributed by atoms with Crippen LogP contribution >= 0.6 is 0 Å². The Morgan fingerprint density at radius 2 is 2.07 bits per heavy atom. The number of rotatable bonds is 4. The summed E-state index contributed by atoms with van der Waals surface area (Å²) >= 11 is 0. The van der Waals surface area contributed by atoms with E-state index in [1.807, 2.05) is 6.92 Å².